The van der Waals surface area contributed by atoms with Crippen LogP contribution in [0.3, 0.4) is 0 Å². The van der Waals surface area contributed by atoms with Crippen molar-refractivity contribution < 1.29 is 4.79 Å². The van der Waals surface area contributed by atoms with Crippen molar-refractivity contribution in [2.75, 3.05) is 0 Å². The lowest BCUT2D eigenvalue weighted by Gasteiger charge is -2.12. The van der Waals surface area contributed by atoms with Crippen molar-refractivity contribution in [2.45, 2.75) is 19.9 Å². The molecule has 90 valence electrons. The van der Waals surface area contributed by atoms with Crippen LogP contribution >= 0.6 is 11.6 Å². The normalized spacial score (nSPS) is 13.1. The molecule has 1 aromatic rings. The number of carbonyl (C=O) groups is 1. The minimum Gasteiger partial charge on any atom is -0.346 e. The molecule has 0 radical (unpaired) electrons. The fraction of sp³-hybridized carbons (Fsp3) is 0.214. The Balaban J connectivity index is 2.60. The first-order valence-electron chi connectivity index (χ1n) is 5.49. The molecule has 3 heteroatoms. The molecule has 0 aliphatic rings. The summed E-state index contributed by atoms with van der Waals surface area (Å²) in [6.07, 6.45) is 6.88. The lowest BCUT2D eigenvalue weighted by molar-refractivity contribution is -0.117. The smallest absolute Gasteiger partial charge is 0.244 e. The van der Waals surface area contributed by atoms with Crippen molar-refractivity contribution in [3.8, 4) is 0 Å². The molecule has 0 aliphatic carbocycles. The van der Waals surface area contributed by atoms with E-state index in [1.807, 2.05) is 50.3 Å². The van der Waals surface area contributed by atoms with Gasteiger partial charge >= 0.3 is 0 Å². The van der Waals surface area contributed by atoms with Crippen LogP contribution in [0.2, 0.25) is 5.02 Å². The van der Waals surface area contributed by atoms with E-state index in [0.29, 0.717) is 5.02 Å². The number of amides is 1. The van der Waals surface area contributed by atoms with Crippen LogP contribution in [0.1, 0.15) is 25.5 Å². The SMILES string of the molecule is C/C=C/C=C/C(=O)NC(C)c1cccc(Cl)c1. The van der Waals surface area contributed by atoms with Crippen molar-refractivity contribution >= 4 is 17.5 Å². The minimum atomic E-state index is -0.115. The summed E-state index contributed by atoms with van der Waals surface area (Å²) >= 11 is 5.89. The molecule has 0 fully saturated rings. The Morgan fingerprint density at radius 1 is 1.41 bits per heavy atom. The maximum absolute atomic E-state index is 11.5. The molecule has 1 unspecified atom stereocenters. The molecule has 1 aromatic carbocycles. The summed E-state index contributed by atoms with van der Waals surface area (Å²) in [5, 5.41) is 3.54. The van der Waals surface area contributed by atoms with E-state index in [-0.39, 0.29) is 11.9 Å². The van der Waals surface area contributed by atoms with Crippen molar-refractivity contribution in [3.63, 3.8) is 0 Å². The molecule has 1 atom stereocenters. The van der Waals surface area contributed by atoms with Gasteiger partial charge in [0.15, 0.2) is 0 Å². The average Bonchev–Trinajstić information content (AvgIpc) is 2.29. The van der Waals surface area contributed by atoms with E-state index in [1.165, 1.54) is 6.08 Å². The van der Waals surface area contributed by atoms with Crippen LogP contribution in [0.25, 0.3) is 0 Å². The molecule has 0 aliphatic heterocycles. The molecule has 0 aromatic heterocycles. The monoisotopic (exact) mass is 249 g/mol. The van der Waals surface area contributed by atoms with Crippen LogP contribution < -0.4 is 5.32 Å². The Morgan fingerprint density at radius 3 is 2.82 bits per heavy atom. The van der Waals surface area contributed by atoms with Gasteiger partial charge in [-0.3, -0.25) is 4.79 Å². The van der Waals surface area contributed by atoms with Gasteiger partial charge in [-0.1, -0.05) is 42.0 Å². The molecule has 0 saturated heterocycles. The second-order valence-corrected chi connectivity index (χ2v) is 4.11. The van der Waals surface area contributed by atoms with Gasteiger partial charge in [-0.15, -0.1) is 0 Å². The Kier molecular flexibility index (Phi) is 5.50. The number of rotatable bonds is 4. The first kappa shape index (κ1) is 13.5. The van der Waals surface area contributed by atoms with Crippen molar-refractivity contribution in [3.05, 3.63) is 59.2 Å². The van der Waals surface area contributed by atoms with E-state index in [0.717, 1.165) is 5.56 Å². The third-order valence-electron chi connectivity index (χ3n) is 2.26. The second-order valence-electron chi connectivity index (χ2n) is 3.67. The number of allylic oxidation sites excluding steroid dienone is 3. The zero-order valence-corrected chi connectivity index (χ0v) is 10.7. The topological polar surface area (TPSA) is 29.1 Å². The Hall–Kier alpha value is -1.54. The van der Waals surface area contributed by atoms with E-state index >= 15 is 0 Å². The van der Waals surface area contributed by atoms with Gasteiger partial charge in [-0.25, -0.2) is 0 Å². The molecule has 0 spiro atoms. The highest BCUT2D eigenvalue weighted by atomic mass is 35.5. The van der Waals surface area contributed by atoms with Gasteiger partial charge in [0, 0.05) is 11.1 Å². The number of halogens is 1. The van der Waals surface area contributed by atoms with Gasteiger partial charge in [-0.2, -0.15) is 0 Å². The van der Waals surface area contributed by atoms with E-state index in [1.54, 1.807) is 6.08 Å². The van der Waals surface area contributed by atoms with Crippen molar-refractivity contribution in [1.29, 1.82) is 0 Å². The quantitative estimate of drug-likeness (QED) is 0.641. The average molecular weight is 250 g/mol. The molecule has 1 rings (SSSR count). The molecule has 0 bridgehead atoms. The summed E-state index contributed by atoms with van der Waals surface area (Å²) < 4.78 is 0. The van der Waals surface area contributed by atoms with Crippen LogP contribution in [0.4, 0.5) is 0 Å². The predicted molar refractivity (Wildman–Crippen MR) is 72.0 cm³/mol. The standard InChI is InChI=1S/C14H16ClNO/c1-3-4-5-9-14(17)16-11(2)12-7-6-8-13(15)10-12/h3-11H,1-2H3,(H,16,17)/b4-3+,9-5+. The summed E-state index contributed by atoms with van der Waals surface area (Å²) in [5.41, 5.74) is 0.991. The largest absolute Gasteiger partial charge is 0.346 e. The molecule has 0 saturated carbocycles. The number of hydrogen-bond donors (Lipinski definition) is 1. The highest BCUT2D eigenvalue weighted by Crippen LogP contribution is 2.17. The Bertz CT molecular complexity index is 438. The summed E-state index contributed by atoms with van der Waals surface area (Å²) in [4.78, 5) is 11.5. The second kappa shape index (κ2) is 6.92. The third-order valence-corrected chi connectivity index (χ3v) is 2.49. The van der Waals surface area contributed by atoms with Crippen molar-refractivity contribution in [1.82, 2.24) is 5.32 Å². The molecule has 2 nitrogen and oxygen atoms in total. The Labute approximate surface area is 107 Å². The maximum Gasteiger partial charge on any atom is 0.244 e. The van der Waals surface area contributed by atoms with Gasteiger partial charge in [0.1, 0.15) is 0 Å². The molecular weight excluding hydrogens is 234 g/mol. The zero-order chi connectivity index (χ0) is 12.7. The lowest BCUT2D eigenvalue weighted by atomic mass is 10.1. The predicted octanol–water partition coefficient (Wildman–Crippen LogP) is 3.65. The highest BCUT2D eigenvalue weighted by Gasteiger charge is 2.07. The fourth-order valence-electron chi connectivity index (χ4n) is 1.37. The number of carbonyl (C=O) groups excluding carboxylic acids is 1. The van der Waals surface area contributed by atoms with E-state index < -0.39 is 0 Å². The van der Waals surface area contributed by atoms with Crippen LogP contribution in [-0.2, 0) is 4.79 Å². The number of hydrogen-bond acceptors (Lipinski definition) is 1. The first-order valence-corrected chi connectivity index (χ1v) is 5.86. The first-order chi connectivity index (χ1) is 8.13. The van der Waals surface area contributed by atoms with Gasteiger partial charge in [0.2, 0.25) is 5.91 Å². The van der Waals surface area contributed by atoms with E-state index in [4.69, 9.17) is 11.6 Å². The molecular formula is C14H16ClNO. The fourth-order valence-corrected chi connectivity index (χ4v) is 1.57. The van der Waals surface area contributed by atoms with Crippen LogP contribution in [0.5, 0.6) is 0 Å². The molecule has 17 heavy (non-hydrogen) atoms. The highest BCUT2D eigenvalue weighted by molar-refractivity contribution is 6.30. The molecule has 1 amide bonds. The summed E-state index contributed by atoms with van der Waals surface area (Å²) in [7, 11) is 0. The zero-order valence-electron chi connectivity index (χ0n) is 9.98. The van der Waals surface area contributed by atoms with Crippen LogP contribution in [0, 0.1) is 0 Å². The van der Waals surface area contributed by atoms with E-state index in [9.17, 15) is 4.79 Å². The van der Waals surface area contributed by atoms with Crippen LogP contribution in [0.15, 0.2) is 48.6 Å². The van der Waals surface area contributed by atoms with E-state index in [2.05, 4.69) is 5.32 Å². The van der Waals surface area contributed by atoms with Gasteiger partial charge < -0.3 is 5.32 Å². The third kappa shape index (κ3) is 4.87. The minimum absolute atomic E-state index is 0.0588. The van der Waals surface area contributed by atoms with Gasteiger partial charge in [0.05, 0.1) is 6.04 Å². The Morgan fingerprint density at radius 2 is 2.18 bits per heavy atom. The molecule has 0 heterocycles. The van der Waals surface area contributed by atoms with Gasteiger partial charge in [-0.05, 0) is 31.5 Å². The lowest BCUT2D eigenvalue weighted by Crippen LogP contribution is -2.24. The van der Waals surface area contributed by atoms with Crippen LogP contribution in [-0.4, -0.2) is 5.91 Å². The number of nitrogens with one attached hydrogen (secondary N) is 1. The van der Waals surface area contributed by atoms with Gasteiger partial charge in [0.25, 0.3) is 0 Å². The van der Waals surface area contributed by atoms with Crippen molar-refractivity contribution in [2.24, 2.45) is 0 Å². The number of benzene rings is 1. The maximum atomic E-state index is 11.5. The summed E-state index contributed by atoms with van der Waals surface area (Å²) in [6, 6.07) is 7.41. The summed E-state index contributed by atoms with van der Waals surface area (Å²) in [6.45, 7) is 3.82. The summed E-state index contributed by atoms with van der Waals surface area (Å²) in [5.74, 6) is -0.115. The molecule has 1 N–H and O–H groups in total.